The Kier molecular flexibility index (Phi) is 3.81. The zero-order chi connectivity index (χ0) is 14.8. The van der Waals surface area contributed by atoms with E-state index >= 15 is 0 Å². The van der Waals surface area contributed by atoms with Crippen molar-refractivity contribution in [3.63, 3.8) is 0 Å². The molecule has 1 aromatic carbocycles. The maximum atomic E-state index is 12.4. The summed E-state index contributed by atoms with van der Waals surface area (Å²) in [6.07, 6.45) is 2.26. The first-order valence-electron chi connectivity index (χ1n) is 6.36. The smallest absolute Gasteiger partial charge is 0.259 e. The van der Waals surface area contributed by atoms with Crippen LogP contribution in [0.1, 0.15) is 22.3 Å². The summed E-state index contributed by atoms with van der Waals surface area (Å²) in [6.45, 7) is 1.99. The number of hydrogen-bond acceptors (Lipinski definition) is 5. The van der Waals surface area contributed by atoms with Gasteiger partial charge in [0.25, 0.3) is 5.91 Å². The molecule has 106 valence electrons. The summed E-state index contributed by atoms with van der Waals surface area (Å²) in [5.74, 6) is -0.269. The molecule has 0 unspecified atom stereocenters. The minimum Gasteiger partial charge on any atom is -0.296 e. The summed E-state index contributed by atoms with van der Waals surface area (Å²) < 4.78 is 0. The molecule has 3 rings (SSSR count). The Morgan fingerprint density at radius 3 is 2.76 bits per heavy atom. The van der Waals surface area contributed by atoms with Crippen LogP contribution in [0, 0.1) is 0 Å². The number of amides is 1. The minimum absolute atomic E-state index is 0.269. The van der Waals surface area contributed by atoms with E-state index in [0.717, 1.165) is 22.2 Å². The van der Waals surface area contributed by atoms with Gasteiger partial charge in [-0.2, -0.15) is 0 Å². The minimum atomic E-state index is -0.269. The molecule has 7 heteroatoms. The molecule has 2 heterocycles. The number of nitrogens with one attached hydrogen (secondary N) is 1. The largest absolute Gasteiger partial charge is 0.296 e. The maximum absolute atomic E-state index is 12.4. The molecule has 21 heavy (non-hydrogen) atoms. The van der Waals surface area contributed by atoms with Crippen LogP contribution in [0.15, 0.2) is 30.5 Å². The first kappa shape index (κ1) is 13.9. The second-order valence-electron chi connectivity index (χ2n) is 4.32. The van der Waals surface area contributed by atoms with Gasteiger partial charge in [-0.15, -0.1) is 10.2 Å². The number of anilines is 1. The molecule has 1 amide bonds. The van der Waals surface area contributed by atoms with Gasteiger partial charge in [0.1, 0.15) is 10.2 Å². The number of aryl methyl sites for hydroxylation is 1. The van der Waals surface area contributed by atoms with Gasteiger partial charge < -0.3 is 0 Å². The first-order valence-corrected chi connectivity index (χ1v) is 7.55. The molecule has 0 radical (unpaired) electrons. The highest BCUT2D eigenvalue weighted by Crippen LogP contribution is 2.25. The monoisotopic (exact) mass is 318 g/mol. The number of benzene rings is 1. The van der Waals surface area contributed by atoms with Gasteiger partial charge in [0.15, 0.2) is 0 Å². The lowest BCUT2D eigenvalue weighted by Gasteiger charge is -2.06. The first-order chi connectivity index (χ1) is 10.2. The van der Waals surface area contributed by atoms with E-state index in [1.165, 1.54) is 17.5 Å². The third-order valence-corrected chi connectivity index (χ3v) is 4.27. The maximum Gasteiger partial charge on any atom is 0.259 e. The molecular weight excluding hydrogens is 308 g/mol. The Balaban J connectivity index is 1.96. The number of hydrogen-bond donors (Lipinski definition) is 1. The van der Waals surface area contributed by atoms with Crippen LogP contribution in [0.25, 0.3) is 10.8 Å². The van der Waals surface area contributed by atoms with Gasteiger partial charge in [0.05, 0.1) is 5.56 Å². The van der Waals surface area contributed by atoms with Crippen LogP contribution in [0.2, 0.25) is 5.15 Å². The highest BCUT2D eigenvalue weighted by Gasteiger charge is 2.14. The van der Waals surface area contributed by atoms with Gasteiger partial charge in [0.2, 0.25) is 5.13 Å². The zero-order valence-electron chi connectivity index (χ0n) is 11.1. The number of fused-ring (bicyclic) bond motifs is 1. The standard InChI is InChI=1S/C14H11ClN4OS/c1-2-11-18-19-14(21-11)17-13(20)10-7-16-12(15)9-6-4-3-5-8(9)10/h3-7H,2H2,1H3,(H,17,19,20). The normalized spacial score (nSPS) is 10.8. The van der Waals surface area contributed by atoms with Crippen molar-refractivity contribution in [1.29, 1.82) is 0 Å². The van der Waals surface area contributed by atoms with Crippen molar-refractivity contribution in [3.05, 3.63) is 46.2 Å². The highest BCUT2D eigenvalue weighted by atomic mass is 35.5. The molecule has 0 atom stereocenters. The highest BCUT2D eigenvalue weighted by molar-refractivity contribution is 7.15. The lowest BCUT2D eigenvalue weighted by molar-refractivity contribution is 0.102. The molecule has 3 aromatic rings. The van der Waals surface area contributed by atoms with Crippen molar-refractivity contribution < 1.29 is 4.79 Å². The molecule has 2 aromatic heterocycles. The van der Waals surface area contributed by atoms with E-state index in [9.17, 15) is 4.79 Å². The van der Waals surface area contributed by atoms with Crippen molar-refractivity contribution >= 4 is 44.7 Å². The van der Waals surface area contributed by atoms with Crippen LogP contribution >= 0.6 is 22.9 Å². The predicted molar refractivity (Wildman–Crippen MR) is 84.0 cm³/mol. The van der Waals surface area contributed by atoms with Crippen molar-refractivity contribution in [2.24, 2.45) is 0 Å². The van der Waals surface area contributed by atoms with Gasteiger partial charge in [0, 0.05) is 11.6 Å². The molecule has 0 saturated heterocycles. The Bertz CT molecular complexity index is 818. The summed E-state index contributed by atoms with van der Waals surface area (Å²) in [6, 6.07) is 7.39. The second kappa shape index (κ2) is 5.75. The van der Waals surface area contributed by atoms with Crippen LogP contribution in [-0.2, 0) is 6.42 Å². The quantitative estimate of drug-likeness (QED) is 0.750. The van der Waals surface area contributed by atoms with Gasteiger partial charge >= 0.3 is 0 Å². The van der Waals surface area contributed by atoms with Crippen molar-refractivity contribution in [1.82, 2.24) is 15.2 Å². The lowest BCUT2D eigenvalue weighted by atomic mass is 10.1. The lowest BCUT2D eigenvalue weighted by Crippen LogP contribution is -2.12. The zero-order valence-corrected chi connectivity index (χ0v) is 12.7. The fourth-order valence-electron chi connectivity index (χ4n) is 1.95. The van der Waals surface area contributed by atoms with E-state index in [1.54, 1.807) is 0 Å². The molecule has 0 fully saturated rings. The fourth-order valence-corrected chi connectivity index (χ4v) is 2.84. The van der Waals surface area contributed by atoms with E-state index in [4.69, 9.17) is 11.6 Å². The molecular formula is C14H11ClN4OS. The van der Waals surface area contributed by atoms with Gasteiger partial charge in [-0.1, -0.05) is 54.1 Å². The number of nitrogens with zero attached hydrogens (tertiary/aromatic N) is 3. The Labute approximate surface area is 130 Å². The molecule has 0 spiro atoms. The van der Waals surface area contributed by atoms with Crippen LogP contribution in [0.5, 0.6) is 0 Å². The predicted octanol–water partition coefficient (Wildman–Crippen LogP) is 3.55. The summed E-state index contributed by atoms with van der Waals surface area (Å²) >= 11 is 7.42. The molecule has 0 bridgehead atoms. The molecule has 0 aliphatic heterocycles. The third kappa shape index (κ3) is 2.72. The average molecular weight is 319 g/mol. The topological polar surface area (TPSA) is 67.8 Å². The molecule has 0 saturated carbocycles. The summed E-state index contributed by atoms with van der Waals surface area (Å²) in [5, 5.41) is 13.9. The average Bonchev–Trinajstić information content (AvgIpc) is 2.95. The summed E-state index contributed by atoms with van der Waals surface area (Å²) in [5.41, 5.74) is 0.461. The fraction of sp³-hybridized carbons (Fsp3) is 0.143. The third-order valence-electron chi connectivity index (χ3n) is 2.98. The number of carbonyl (C=O) groups is 1. The molecule has 0 aliphatic carbocycles. The Hall–Kier alpha value is -2.05. The Morgan fingerprint density at radius 1 is 1.29 bits per heavy atom. The molecule has 5 nitrogen and oxygen atoms in total. The van der Waals surface area contributed by atoms with E-state index < -0.39 is 0 Å². The van der Waals surface area contributed by atoms with E-state index in [2.05, 4.69) is 20.5 Å². The van der Waals surface area contributed by atoms with E-state index in [0.29, 0.717) is 15.8 Å². The summed E-state index contributed by atoms with van der Waals surface area (Å²) in [4.78, 5) is 16.4. The summed E-state index contributed by atoms with van der Waals surface area (Å²) in [7, 11) is 0. The van der Waals surface area contributed by atoms with E-state index in [-0.39, 0.29) is 5.91 Å². The van der Waals surface area contributed by atoms with Crippen LogP contribution < -0.4 is 5.32 Å². The van der Waals surface area contributed by atoms with E-state index in [1.807, 2.05) is 31.2 Å². The number of halogens is 1. The number of rotatable bonds is 3. The van der Waals surface area contributed by atoms with Crippen molar-refractivity contribution in [2.75, 3.05) is 5.32 Å². The number of aromatic nitrogens is 3. The van der Waals surface area contributed by atoms with Gasteiger partial charge in [-0.3, -0.25) is 10.1 Å². The molecule has 1 N–H and O–H groups in total. The Morgan fingerprint density at radius 2 is 2.05 bits per heavy atom. The van der Waals surface area contributed by atoms with Crippen LogP contribution in [-0.4, -0.2) is 21.1 Å². The van der Waals surface area contributed by atoms with Gasteiger partial charge in [-0.05, 0) is 11.8 Å². The second-order valence-corrected chi connectivity index (χ2v) is 5.74. The van der Waals surface area contributed by atoms with Crippen LogP contribution in [0.4, 0.5) is 5.13 Å². The molecule has 0 aliphatic rings. The van der Waals surface area contributed by atoms with Gasteiger partial charge in [-0.25, -0.2) is 4.98 Å². The SMILES string of the molecule is CCc1nnc(NC(=O)c2cnc(Cl)c3ccccc23)s1. The van der Waals surface area contributed by atoms with Crippen molar-refractivity contribution in [2.45, 2.75) is 13.3 Å². The number of pyridine rings is 1. The van der Waals surface area contributed by atoms with Crippen molar-refractivity contribution in [3.8, 4) is 0 Å². The number of carbonyl (C=O) groups excluding carboxylic acids is 1. The van der Waals surface area contributed by atoms with Crippen LogP contribution in [0.3, 0.4) is 0 Å².